The molecule has 82 valence electrons. The van der Waals surface area contributed by atoms with Gasteiger partial charge < -0.3 is 11.1 Å². The fourth-order valence-corrected chi connectivity index (χ4v) is 1.24. The van der Waals surface area contributed by atoms with Crippen molar-refractivity contribution in [2.45, 2.75) is 26.8 Å². The number of carbonyl (C=O) groups is 1. The van der Waals surface area contributed by atoms with E-state index in [2.05, 4.69) is 5.32 Å². The Morgan fingerprint density at radius 3 is 2.73 bits per heavy atom. The summed E-state index contributed by atoms with van der Waals surface area (Å²) in [5.74, 6) is 0.149. The highest BCUT2D eigenvalue weighted by Crippen LogP contribution is 2.10. The van der Waals surface area contributed by atoms with Crippen molar-refractivity contribution in [1.29, 1.82) is 0 Å². The molecule has 0 fully saturated rings. The monoisotopic (exact) mass is 206 g/mol. The first-order valence-corrected chi connectivity index (χ1v) is 5.26. The van der Waals surface area contributed by atoms with Crippen LogP contribution >= 0.6 is 0 Å². The molecule has 0 aliphatic carbocycles. The van der Waals surface area contributed by atoms with Crippen LogP contribution in [-0.2, 0) is 11.3 Å². The summed E-state index contributed by atoms with van der Waals surface area (Å²) in [7, 11) is 0. The Hall–Kier alpha value is -1.51. The predicted octanol–water partition coefficient (Wildman–Crippen LogP) is 1.93. The first kappa shape index (κ1) is 11.6. The molecule has 0 radical (unpaired) electrons. The van der Waals surface area contributed by atoms with Crippen molar-refractivity contribution in [2.24, 2.45) is 5.92 Å². The number of anilines is 1. The van der Waals surface area contributed by atoms with Crippen molar-refractivity contribution in [3.63, 3.8) is 0 Å². The van der Waals surface area contributed by atoms with Crippen LogP contribution in [0.5, 0.6) is 0 Å². The highest BCUT2D eigenvalue weighted by Gasteiger charge is 2.09. The second kappa shape index (κ2) is 5.39. The molecule has 1 rings (SSSR count). The van der Waals surface area contributed by atoms with Crippen LogP contribution in [0.3, 0.4) is 0 Å². The number of rotatable bonds is 4. The summed E-state index contributed by atoms with van der Waals surface area (Å²) < 4.78 is 0. The molecule has 1 atom stereocenters. The summed E-state index contributed by atoms with van der Waals surface area (Å²) in [5.41, 5.74) is 7.45. The lowest BCUT2D eigenvalue weighted by Crippen LogP contribution is -2.28. The molecule has 0 spiro atoms. The largest absolute Gasteiger partial charge is 0.398 e. The molecule has 1 aromatic carbocycles. The summed E-state index contributed by atoms with van der Waals surface area (Å²) in [6, 6.07) is 7.56. The van der Waals surface area contributed by atoms with E-state index in [0.29, 0.717) is 6.54 Å². The number of hydrogen-bond donors (Lipinski definition) is 2. The van der Waals surface area contributed by atoms with Crippen LogP contribution in [0.25, 0.3) is 0 Å². The fourth-order valence-electron chi connectivity index (χ4n) is 1.24. The number of carbonyl (C=O) groups excluding carboxylic acids is 1. The van der Waals surface area contributed by atoms with Crippen molar-refractivity contribution in [3.8, 4) is 0 Å². The van der Waals surface area contributed by atoms with E-state index in [4.69, 9.17) is 5.73 Å². The van der Waals surface area contributed by atoms with E-state index in [9.17, 15) is 4.79 Å². The molecule has 3 nitrogen and oxygen atoms in total. The number of benzene rings is 1. The zero-order chi connectivity index (χ0) is 11.3. The van der Waals surface area contributed by atoms with E-state index in [0.717, 1.165) is 17.7 Å². The molecule has 0 saturated carbocycles. The second-order valence-electron chi connectivity index (χ2n) is 3.73. The number of hydrogen-bond acceptors (Lipinski definition) is 2. The van der Waals surface area contributed by atoms with Gasteiger partial charge in [-0.3, -0.25) is 4.79 Å². The summed E-state index contributed by atoms with van der Waals surface area (Å²) >= 11 is 0. The minimum atomic E-state index is 0.0648. The second-order valence-corrected chi connectivity index (χ2v) is 3.73. The van der Waals surface area contributed by atoms with Gasteiger partial charge in [0.1, 0.15) is 0 Å². The van der Waals surface area contributed by atoms with Gasteiger partial charge in [0.25, 0.3) is 0 Å². The molecular weight excluding hydrogens is 188 g/mol. The van der Waals surface area contributed by atoms with Gasteiger partial charge in [-0.25, -0.2) is 0 Å². The third-order valence-corrected chi connectivity index (χ3v) is 2.57. The van der Waals surface area contributed by atoms with Crippen molar-refractivity contribution in [3.05, 3.63) is 29.8 Å². The van der Waals surface area contributed by atoms with Gasteiger partial charge >= 0.3 is 0 Å². The molecule has 1 amide bonds. The Kier molecular flexibility index (Phi) is 4.16. The Bertz CT molecular complexity index is 336. The third-order valence-electron chi connectivity index (χ3n) is 2.57. The Labute approximate surface area is 90.7 Å². The van der Waals surface area contributed by atoms with Crippen LogP contribution in [0.15, 0.2) is 24.3 Å². The van der Waals surface area contributed by atoms with Crippen LogP contribution in [0.4, 0.5) is 5.69 Å². The SMILES string of the molecule is CCC(C)C(=O)NCc1ccccc1N. The molecule has 3 heteroatoms. The van der Waals surface area contributed by atoms with Gasteiger partial charge in [0.15, 0.2) is 0 Å². The quantitative estimate of drug-likeness (QED) is 0.740. The molecule has 0 bridgehead atoms. The highest BCUT2D eigenvalue weighted by atomic mass is 16.1. The molecule has 0 heterocycles. The van der Waals surface area contributed by atoms with Gasteiger partial charge in [0, 0.05) is 18.2 Å². The van der Waals surface area contributed by atoms with Gasteiger partial charge in [-0.2, -0.15) is 0 Å². The zero-order valence-corrected chi connectivity index (χ0v) is 9.29. The van der Waals surface area contributed by atoms with Crippen LogP contribution in [-0.4, -0.2) is 5.91 Å². The lowest BCUT2D eigenvalue weighted by atomic mass is 10.1. The Balaban J connectivity index is 2.51. The van der Waals surface area contributed by atoms with E-state index in [-0.39, 0.29) is 11.8 Å². The maximum atomic E-state index is 11.5. The van der Waals surface area contributed by atoms with Gasteiger partial charge in [0.2, 0.25) is 5.91 Å². The standard InChI is InChI=1S/C12H18N2O/c1-3-9(2)12(15)14-8-10-6-4-5-7-11(10)13/h4-7,9H,3,8,13H2,1-2H3,(H,14,15). The molecule has 3 N–H and O–H groups in total. The molecule has 1 aromatic rings. The predicted molar refractivity (Wildman–Crippen MR) is 62.2 cm³/mol. The first-order valence-electron chi connectivity index (χ1n) is 5.26. The lowest BCUT2D eigenvalue weighted by Gasteiger charge is -2.11. The van der Waals surface area contributed by atoms with Gasteiger partial charge in [-0.1, -0.05) is 32.0 Å². The van der Waals surface area contributed by atoms with E-state index in [1.165, 1.54) is 0 Å². The third kappa shape index (κ3) is 3.27. The average molecular weight is 206 g/mol. The zero-order valence-electron chi connectivity index (χ0n) is 9.29. The summed E-state index contributed by atoms with van der Waals surface area (Å²) in [4.78, 5) is 11.5. The van der Waals surface area contributed by atoms with Crippen molar-refractivity contribution in [2.75, 3.05) is 5.73 Å². The van der Waals surface area contributed by atoms with Crippen molar-refractivity contribution in [1.82, 2.24) is 5.32 Å². The smallest absolute Gasteiger partial charge is 0.223 e. The van der Waals surface area contributed by atoms with Crippen LogP contribution in [0.2, 0.25) is 0 Å². The van der Waals surface area contributed by atoms with Gasteiger partial charge in [-0.05, 0) is 18.1 Å². The minimum absolute atomic E-state index is 0.0648. The minimum Gasteiger partial charge on any atom is -0.398 e. The normalized spacial score (nSPS) is 12.1. The molecule has 0 aliphatic rings. The number of para-hydroxylation sites is 1. The number of amides is 1. The molecule has 0 saturated heterocycles. The van der Waals surface area contributed by atoms with Gasteiger partial charge in [0.05, 0.1) is 0 Å². The molecular formula is C12H18N2O. The average Bonchev–Trinajstić information content (AvgIpc) is 2.26. The first-order chi connectivity index (χ1) is 7.15. The van der Waals surface area contributed by atoms with Crippen LogP contribution in [0.1, 0.15) is 25.8 Å². The molecule has 15 heavy (non-hydrogen) atoms. The summed E-state index contributed by atoms with van der Waals surface area (Å²) in [6.07, 6.45) is 0.857. The van der Waals surface area contributed by atoms with E-state index >= 15 is 0 Å². The lowest BCUT2D eigenvalue weighted by molar-refractivity contribution is -0.124. The topological polar surface area (TPSA) is 55.1 Å². The van der Waals surface area contributed by atoms with E-state index < -0.39 is 0 Å². The number of nitrogen functional groups attached to an aromatic ring is 1. The highest BCUT2D eigenvalue weighted by molar-refractivity contribution is 5.78. The Morgan fingerprint density at radius 2 is 2.13 bits per heavy atom. The van der Waals surface area contributed by atoms with Crippen LogP contribution in [0, 0.1) is 5.92 Å². The maximum absolute atomic E-state index is 11.5. The van der Waals surface area contributed by atoms with Gasteiger partial charge in [-0.15, -0.1) is 0 Å². The van der Waals surface area contributed by atoms with E-state index in [1.54, 1.807) is 0 Å². The molecule has 1 unspecified atom stereocenters. The molecule has 0 aliphatic heterocycles. The summed E-state index contributed by atoms with van der Waals surface area (Å²) in [5, 5.41) is 2.87. The number of nitrogens with two attached hydrogens (primary N) is 1. The van der Waals surface area contributed by atoms with Crippen molar-refractivity contribution >= 4 is 11.6 Å². The molecule has 0 aromatic heterocycles. The number of nitrogens with one attached hydrogen (secondary N) is 1. The van der Waals surface area contributed by atoms with E-state index in [1.807, 2.05) is 38.1 Å². The summed E-state index contributed by atoms with van der Waals surface area (Å²) in [6.45, 7) is 4.43. The van der Waals surface area contributed by atoms with Crippen molar-refractivity contribution < 1.29 is 4.79 Å². The Morgan fingerprint density at radius 1 is 1.47 bits per heavy atom. The fraction of sp³-hybridized carbons (Fsp3) is 0.417. The van der Waals surface area contributed by atoms with Crippen LogP contribution < -0.4 is 11.1 Å². The maximum Gasteiger partial charge on any atom is 0.223 e.